The fourth-order valence-electron chi connectivity index (χ4n) is 4.06. The van der Waals surface area contributed by atoms with Crippen LogP contribution in [0.1, 0.15) is 48.5 Å². The van der Waals surface area contributed by atoms with Crippen molar-refractivity contribution in [2.75, 3.05) is 0 Å². The third-order valence-corrected chi connectivity index (χ3v) is 6.90. The van der Waals surface area contributed by atoms with Gasteiger partial charge in [0, 0.05) is 0 Å². The van der Waals surface area contributed by atoms with Crippen LogP contribution in [-0.4, -0.2) is 0 Å². The summed E-state index contributed by atoms with van der Waals surface area (Å²) in [4.78, 5) is 0. The van der Waals surface area contributed by atoms with Crippen LogP contribution in [0.4, 0.5) is 0 Å². The van der Waals surface area contributed by atoms with Crippen LogP contribution in [0.25, 0.3) is 22.8 Å². The fourth-order valence-corrected chi connectivity index (χ4v) is 5.20. The molecule has 26 heavy (non-hydrogen) atoms. The molecular weight excluding hydrogens is 395 g/mol. The Labute approximate surface area is 171 Å². The van der Waals surface area contributed by atoms with E-state index >= 15 is 0 Å². The number of fused-ring (bicyclic) bond motifs is 1. The maximum atomic E-state index is 5.96. The molecule has 0 fully saturated rings. The van der Waals surface area contributed by atoms with Crippen LogP contribution in [0.3, 0.4) is 0 Å². The number of rotatable bonds is 2. The molecule has 1 aromatic heterocycles. The first kappa shape index (κ1) is 17.7. The first-order valence-corrected chi connectivity index (χ1v) is 10.5. The molecule has 1 unspecified atom stereocenters. The molecule has 2 aromatic carbocycles. The SMILES string of the molecule is Cc1cc(C)cc(-c2c(C)c(C)cc3c2C=C(c2ccc(C)o2)[CH]3[Zr])c1. The quantitative estimate of drug-likeness (QED) is 0.455. The van der Waals surface area contributed by atoms with Crippen molar-refractivity contribution in [2.45, 2.75) is 38.2 Å². The molecule has 0 radical (unpaired) electrons. The first-order valence-electron chi connectivity index (χ1n) is 9.07. The van der Waals surface area contributed by atoms with Crippen LogP contribution in [0.5, 0.6) is 0 Å². The van der Waals surface area contributed by atoms with Gasteiger partial charge >= 0.3 is 171 Å². The number of furan rings is 1. The van der Waals surface area contributed by atoms with E-state index in [1.165, 1.54) is 74.8 Å². The summed E-state index contributed by atoms with van der Waals surface area (Å²) < 4.78 is 6.40. The van der Waals surface area contributed by atoms with E-state index in [0.717, 1.165) is 11.5 Å². The topological polar surface area (TPSA) is 13.1 Å². The van der Waals surface area contributed by atoms with E-state index in [0.29, 0.717) is 3.63 Å². The second kappa shape index (κ2) is 6.50. The molecule has 0 saturated heterocycles. The number of hydrogen-bond donors (Lipinski definition) is 0. The normalized spacial score (nSPS) is 15.8. The number of hydrogen-bond acceptors (Lipinski definition) is 1. The van der Waals surface area contributed by atoms with E-state index in [2.05, 4.69) is 70.2 Å². The summed E-state index contributed by atoms with van der Waals surface area (Å²) >= 11 is 1.51. The predicted molar refractivity (Wildman–Crippen MR) is 105 cm³/mol. The van der Waals surface area contributed by atoms with Crippen molar-refractivity contribution in [1.82, 2.24) is 0 Å². The Hall–Kier alpha value is -1.66. The summed E-state index contributed by atoms with van der Waals surface area (Å²) in [6, 6.07) is 13.4. The Balaban J connectivity index is 1.98. The number of aryl methyl sites for hydroxylation is 4. The van der Waals surface area contributed by atoms with Gasteiger partial charge in [0.15, 0.2) is 0 Å². The molecule has 0 bridgehead atoms. The third-order valence-electron chi connectivity index (χ3n) is 5.38. The monoisotopic (exact) mass is 417 g/mol. The minimum atomic E-state index is 0.437. The Morgan fingerprint density at radius 3 is 2.19 bits per heavy atom. The molecule has 0 spiro atoms. The standard InChI is InChI=1S/C24H23O.Zr/c1-14-8-15(2)10-21(9-14)24-18(5)16(3)11-19-12-20(13-22(19)24)23-7-6-17(4)25-23;/h6-13H,1-5H3;. The average molecular weight is 419 g/mol. The van der Waals surface area contributed by atoms with Gasteiger partial charge in [-0.1, -0.05) is 0 Å². The van der Waals surface area contributed by atoms with Crippen LogP contribution < -0.4 is 0 Å². The van der Waals surface area contributed by atoms with E-state index < -0.39 is 0 Å². The molecule has 1 atom stereocenters. The van der Waals surface area contributed by atoms with Crippen LogP contribution in [0.15, 0.2) is 40.8 Å². The van der Waals surface area contributed by atoms with Crippen LogP contribution >= 0.6 is 0 Å². The first-order chi connectivity index (χ1) is 12.3. The van der Waals surface area contributed by atoms with Gasteiger partial charge in [0.2, 0.25) is 0 Å². The number of allylic oxidation sites excluding steroid dienone is 1. The van der Waals surface area contributed by atoms with Gasteiger partial charge < -0.3 is 0 Å². The Kier molecular flexibility index (Phi) is 4.44. The van der Waals surface area contributed by atoms with Crippen LogP contribution in [0, 0.1) is 34.6 Å². The summed E-state index contributed by atoms with van der Waals surface area (Å²) in [7, 11) is 0. The summed E-state index contributed by atoms with van der Waals surface area (Å²) in [6.07, 6.45) is 2.37. The van der Waals surface area contributed by atoms with E-state index in [1.807, 2.05) is 6.92 Å². The molecular formula is C24H23OZr. The molecule has 1 nitrogen and oxygen atoms in total. The summed E-state index contributed by atoms with van der Waals surface area (Å²) in [5.41, 5.74) is 12.2. The second-order valence-corrected chi connectivity index (χ2v) is 8.93. The Morgan fingerprint density at radius 1 is 0.885 bits per heavy atom. The van der Waals surface area contributed by atoms with Crippen molar-refractivity contribution in [3.63, 3.8) is 0 Å². The molecule has 0 N–H and O–H groups in total. The van der Waals surface area contributed by atoms with Crippen LogP contribution in [0.2, 0.25) is 0 Å². The van der Waals surface area contributed by atoms with E-state index in [1.54, 1.807) is 0 Å². The fraction of sp³-hybridized carbons (Fsp3) is 0.250. The van der Waals surface area contributed by atoms with Crippen molar-refractivity contribution in [1.29, 1.82) is 0 Å². The van der Waals surface area contributed by atoms with Gasteiger partial charge in [-0.3, -0.25) is 0 Å². The molecule has 0 amide bonds. The van der Waals surface area contributed by atoms with Crippen molar-refractivity contribution < 1.29 is 29.1 Å². The molecule has 2 heteroatoms. The third kappa shape index (κ3) is 2.89. The van der Waals surface area contributed by atoms with E-state index in [9.17, 15) is 0 Å². The Morgan fingerprint density at radius 2 is 1.58 bits per heavy atom. The van der Waals surface area contributed by atoms with Crippen LogP contribution in [-0.2, 0) is 24.7 Å². The summed E-state index contributed by atoms with van der Waals surface area (Å²) in [6.45, 7) is 10.9. The van der Waals surface area contributed by atoms with Crippen molar-refractivity contribution in [3.05, 3.63) is 81.3 Å². The maximum absolute atomic E-state index is 5.96. The van der Waals surface area contributed by atoms with Crippen molar-refractivity contribution in [2.24, 2.45) is 0 Å². The Bertz CT molecular complexity index is 1030. The summed E-state index contributed by atoms with van der Waals surface area (Å²) in [5.74, 6) is 1.99. The minimum absolute atomic E-state index is 0.437. The summed E-state index contributed by atoms with van der Waals surface area (Å²) in [5, 5.41) is 0. The van der Waals surface area contributed by atoms with Gasteiger partial charge in [-0.05, 0) is 0 Å². The van der Waals surface area contributed by atoms with Gasteiger partial charge in [-0.2, -0.15) is 0 Å². The molecule has 1 heterocycles. The number of benzene rings is 2. The van der Waals surface area contributed by atoms with Gasteiger partial charge in [0.05, 0.1) is 0 Å². The molecule has 0 saturated carbocycles. The van der Waals surface area contributed by atoms with Gasteiger partial charge in [0.25, 0.3) is 0 Å². The predicted octanol–water partition coefficient (Wildman–Crippen LogP) is 6.63. The molecule has 4 rings (SSSR count). The zero-order chi connectivity index (χ0) is 18.6. The van der Waals surface area contributed by atoms with Gasteiger partial charge in [-0.15, -0.1) is 0 Å². The average Bonchev–Trinajstić information content (AvgIpc) is 3.12. The second-order valence-electron chi connectivity index (χ2n) is 7.52. The van der Waals surface area contributed by atoms with Gasteiger partial charge in [-0.25, -0.2) is 0 Å². The van der Waals surface area contributed by atoms with Crippen molar-refractivity contribution in [3.8, 4) is 11.1 Å². The van der Waals surface area contributed by atoms with Crippen molar-refractivity contribution >= 4 is 11.6 Å². The molecule has 3 aromatic rings. The molecule has 0 aliphatic heterocycles. The molecule has 1 aliphatic carbocycles. The molecule has 129 valence electrons. The zero-order valence-corrected chi connectivity index (χ0v) is 18.5. The van der Waals surface area contributed by atoms with E-state index in [-0.39, 0.29) is 0 Å². The zero-order valence-electron chi connectivity index (χ0n) is 16.0. The molecule has 1 aliphatic rings. The van der Waals surface area contributed by atoms with Gasteiger partial charge in [0.1, 0.15) is 0 Å². The van der Waals surface area contributed by atoms with E-state index in [4.69, 9.17) is 4.42 Å².